The van der Waals surface area contributed by atoms with Gasteiger partial charge in [0.25, 0.3) is 14.1 Å². The van der Waals surface area contributed by atoms with Gasteiger partial charge in [0, 0.05) is 0 Å². The molecule has 0 aliphatic carbocycles. The average Bonchev–Trinajstić information content (AvgIpc) is 1.65. The van der Waals surface area contributed by atoms with E-state index in [1.807, 2.05) is 0 Å². The highest BCUT2D eigenvalue weighted by molar-refractivity contribution is 6.61. The summed E-state index contributed by atoms with van der Waals surface area (Å²) in [5, 5.41) is 2.92. The van der Waals surface area contributed by atoms with Crippen LogP contribution in [0.1, 0.15) is 34.6 Å². The molecule has 0 unspecified atom stereocenters. The predicted octanol–water partition coefficient (Wildman–Crippen LogP) is 3.32. The Labute approximate surface area is 64.0 Å². The lowest BCUT2D eigenvalue weighted by Crippen LogP contribution is -2.22. The molecule has 0 atom stereocenters. The molecule has 0 saturated carbocycles. The van der Waals surface area contributed by atoms with E-state index in [0.717, 1.165) is 0 Å². The SMILES string of the molecule is C[CH2][Al]([CH2]C)[C](C)(C)C. The van der Waals surface area contributed by atoms with E-state index in [4.69, 9.17) is 0 Å². The van der Waals surface area contributed by atoms with Gasteiger partial charge >= 0.3 is 0 Å². The van der Waals surface area contributed by atoms with E-state index >= 15 is 0 Å². The predicted molar refractivity (Wildman–Crippen MR) is 46.4 cm³/mol. The van der Waals surface area contributed by atoms with Crippen molar-refractivity contribution in [3.05, 3.63) is 0 Å². The van der Waals surface area contributed by atoms with Crippen molar-refractivity contribution in [2.45, 2.75) is 49.5 Å². The van der Waals surface area contributed by atoms with E-state index in [1.54, 1.807) is 0 Å². The molecule has 54 valence electrons. The quantitative estimate of drug-likeness (QED) is 0.519. The second-order valence-electron chi connectivity index (χ2n) is 3.88. The molecule has 0 aromatic heterocycles. The summed E-state index contributed by atoms with van der Waals surface area (Å²) >= 11 is -0.380. The second kappa shape index (κ2) is 3.64. The van der Waals surface area contributed by atoms with Crippen molar-refractivity contribution in [1.82, 2.24) is 0 Å². The molecule has 0 aromatic rings. The molecule has 0 radical (unpaired) electrons. The van der Waals surface area contributed by atoms with Crippen LogP contribution in [0.4, 0.5) is 0 Å². The van der Waals surface area contributed by atoms with Crippen LogP contribution in [-0.2, 0) is 0 Å². The second-order valence-corrected chi connectivity index (χ2v) is 8.64. The Morgan fingerprint density at radius 2 is 1.33 bits per heavy atom. The summed E-state index contributed by atoms with van der Waals surface area (Å²) in [7, 11) is 0. The van der Waals surface area contributed by atoms with Crippen LogP contribution >= 0.6 is 0 Å². The molecule has 0 saturated heterocycles. The summed E-state index contributed by atoms with van der Waals surface area (Å²) < 4.78 is 0.656. The summed E-state index contributed by atoms with van der Waals surface area (Å²) in [5.74, 6) is 0. The van der Waals surface area contributed by atoms with Gasteiger partial charge in [0.15, 0.2) is 0 Å². The zero-order chi connectivity index (χ0) is 7.49. The van der Waals surface area contributed by atoms with Crippen molar-refractivity contribution in [2.24, 2.45) is 0 Å². The largest absolute Gasteiger partial charge is 0.267 e. The standard InChI is InChI=1S/C4H9.2C2H5.Al/c1-4(2)3;2*1-2;/h1-3H3;2*1H2,2H3;. The van der Waals surface area contributed by atoms with Crippen molar-refractivity contribution in [3.63, 3.8) is 0 Å². The van der Waals surface area contributed by atoms with E-state index in [9.17, 15) is 0 Å². The van der Waals surface area contributed by atoms with Gasteiger partial charge < -0.3 is 0 Å². The molecule has 0 nitrogen and oxygen atoms in total. The zero-order valence-corrected chi connectivity index (χ0v) is 8.65. The van der Waals surface area contributed by atoms with Crippen molar-refractivity contribution in [1.29, 1.82) is 0 Å². The molecule has 0 aliphatic rings. The molecular formula is C8H19Al. The monoisotopic (exact) mass is 142 g/mol. The Bertz CT molecular complexity index is 67.1. The van der Waals surface area contributed by atoms with E-state index in [1.165, 1.54) is 10.6 Å². The maximum Gasteiger partial charge on any atom is 0.267 e. The Morgan fingerprint density at radius 1 is 1.00 bits per heavy atom. The third kappa shape index (κ3) is 3.28. The van der Waals surface area contributed by atoms with Gasteiger partial charge in [-0.15, -0.1) is 0 Å². The molecule has 0 amide bonds. The van der Waals surface area contributed by atoms with Gasteiger partial charge in [0.05, 0.1) is 0 Å². The van der Waals surface area contributed by atoms with Gasteiger partial charge in [0.1, 0.15) is 0 Å². The first-order valence-electron chi connectivity index (χ1n) is 4.02. The lowest BCUT2D eigenvalue weighted by atomic mass is 10.2. The lowest BCUT2D eigenvalue weighted by molar-refractivity contribution is 0.728. The summed E-state index contributed by atoms with van der Waals surface area (Å²) in [6, 6.07) is 0. The lowest BCUT2D eigenvalue weighted by Gasteiger charge is -2.23. The van der Waals surface area contributed by atoms with Gasteiger partial charge in [-0.05, 0) is 0 Å². The molecule has 0 heterocycles. The fourth-order valence-corrected chi connectivity index (χ4v) is 4.54. The molecule has 0 N–H and O–H groups in total. The number of hydrogen-bond donors (Lipinski definition) is 0. The Morgan fingerprint density at radius 3 is 1.33 bits per heavy atom. The third-order valence-electron chi connectivity index (χ3n) is 2.21. The Hall–Kier alpha value is 0.532. The van der Waals surface area contributed by atoms with Crippen molar-refractivity contribution >= 4 is 14.1 Å². The van der Waals surface area contributed by atoms with Crippen molar-refractivity contribution < 1.29 is 0 Å². The van der Waals surface area contributed by atoms with Crippen molar-refractivity contribution in [3.8, 4) is 0 Å². The number of hydrogen-bond acceptors (Lipinski definition) is 0. The first kappa shape index (κ1) is 9.53. The number of rotatable bonds is 2. The highest BCUT2D eigenvalue weighted by atomic mass is 27.2. The van der Waals surface area contributed by atoms with Crippen LogP contribution in [0.2, 0.25) is 14.8 Å². The smallest absolute Gasteiger partial charge is 0.0964 e. The van der Waals surface area contributed by atoms with Crippen LogP contribution in [-0.4, -0.2) is 14.1 Å². The van der Waals surface area contributed by atoms with Crippen LogP contribution in [0.25, 0.3) is 0 Å². The molecular weight excluding hydrogens is 123 g/mol. The zero-order valence-electron chi connectivity index (χ0n) is 7.49. The van der Waals surface area contributed by atoms with Gasteiger partial charge in [-0.25, -0.2) is 0 Å². The highest BCUT2D eigenvalue weighted by Gasteiger charge is 2.26. The highest BCUT2D eigenvalue weighted by Crippen LogP contribution is 2.30. The molecule has 0 aromatic carbocycles. The minimum atomic E-state index is -0.380. The fraction of sp³-hybridized carbons (Fsp3) is 1.00. The molecule has 0 rings (SSSR count). The summed E-state index contributed by atoms with van der Waals surface area (Å²) in [6.07, 6.45) is 0. The summed E-state index contributed by atoms with van der Waals surface area (Å²) in [5.41, 5.74) is 0. The molecule has 0 aliphatic heterocycles. The van der Waals surface area contributed by atoms with Crippen molar-refractivity contribution in [2.75, 3.05) is 0 Å². The first-order chi connectivity index (χ1) is 4.02. The maximum atomic E-state index is 2.39. The maximum absolute atomic E-state index is 2.39. The average molecular weight is 142 g/mol. The van der Waals surface area contributed by atoms with Gasteiger partial charge in [0.2, 0.25) is 0 Å². The Balaban J connectivity index is 3.79. The van der Waals surface area contributed by atoms with Gasteiger partial charge in [-0.3, -0.25) is 0 Å². The van der Waals surface area contributed by atoms with E-state index in [-0.39, 0.29) is 14.1 Å². The normalized spacial score (nSPS) is 11.7. The third-order valence-corrected chi connectivity index (χ3v) is 6.63. The summed E-state index contributed by atoms with van der Waals surface area (Å²) in [4.78, 5) is 0. The fourth-order valence-electron chi connectivity index (χ4n) is 1.51. The molecule has 9 heavy (non-hydrogen) atoms. The molecule has 0 fully saturated rings. The minimum absolute atomic E-state index is 0.380. The van der Waals surface area contributed by atoms with Crippen LogP contribution in [0.5, 0.6) is 0 Å². The van der Waals surface area contributed by atoms with Gasteiger partial charge in [-0.2, -0.15) is 0 Å². The first-order valence-corrected chi connectivity index (χ1v) is 6.23. The van der Waals surface area contributed by atoms with E-state index in [2.05, 4.69) is 34.6 Å². The van der Waals surface area contributed by atoms with Gasteiger partial charge in [-0.1, -0.05) is 49.5 Å². The molecule has 0 bridgehead atoms. The minimum Gasteiger partial charge on any atom is -0.0964 e. The topological polar surface area (TPSA) is 0 Å². The Kier molecular flexibility index (Phi) is 3.86. The molecule has 0 spiro atoms. The van der Waals surface area contributed by atoms with E-state index in [0.29, 0.717) is 4.28 Å². The van der Waals surface area contributed by atoms with Crippen LogP contribution in [0.3, 0.4) is 0 Å². The van der Waals surface area contributed by atoms with E-state index < -0.39 is 0 Å². The van der Waals surface area contributed by atoms with Crippen LogP contribution in [0.15, 0.2) is 0 Å². The van der Waals surface area contributed by atoms with Crippen LogP contribution in [0, 0.1) is 0 Å². The molecule has 1 heteroatoms. The van der Waals surface area contributed by atoms with Crippen LogP contribution < -0.4 is 0 Å². The summed E-state index contributed by atoms with van der Waals surface area (Å²) in [6.45, 7) is 11.8.